The van der Waals surface area contributed by atoms with Crippen LogP contribution in [0.2, 0.25) is 0 Å². The summed E-state index contributed by atoms with van der Waals surface area (Å²) in [5.41, 5.74) is 1.50. The van der Waals surface area contributed by atoms with Gasteiger partial charge in [0.1, 0.15) is 5.69 Å². The van der Waals surface area contributed by atoms with Gasteiger partial charge < -0.3 is 9.64 Å². The van der Waals surface area contributed by atoms with E-state index in [1.165, 1.54) is 6.42 Å². The van der Waals surface area contributed by atoms with Crippen molar-refractivity contribution < 1.29 is 9.53 Å². The number of aryl methyl sites for hydroxylation is 1. The lowest BCUT2D eigenvalue weighted by Crippen LogP contribution is -2.48. The zero-order valence-electron chi connectivity index (χ0n) is 13.8. The Kier molecular flexibility index (Phi) is 4.11. The molecule has 6 nitrogen and oxygen atoms in total. The molecule has 1 amide bonds. The summed E-state index contributed by atoms with van der Waals surface area (Å²) in [6.45, 7) is 6.72. The van der Waals surface area contributed by atoms with Crippen LogP contribution < -0.4 is 0 Å². The average molecular weight is 318 g/mol. The van der Waals surface area contributed by atoms with Gasteiger partial charge in [-0.05, 0) is 44.6 Å². The van der Waals surface area contributed by atoms with Gasteiger partial charge >= 0.3 is 0 Å². The summed E-state index contributed by atoms with van der Waals surface area (Å²) in [7, 11) is 0. The summed E-state index contributed by atoms with van der Waals surface area (Å²) < 4.78 is 5.51. The van der Waals surface area contributed by atoms with Crippen molar-refractivity contribution in [3.63, 3.8) is 0 Å². The van der Waals surface area contributed by atoms with Crippen LogP contribution in [0.4, 0.5) is 0 Å². The van der Waals surface area contributed by atoms with Crippen LogP contribution in [0.1, 0.15) is 41.9 Å². The number of carbonyl (C=O) groups is 1. The topological polar surface area (TPSA) is 61.5 Å². The van der Waals surface area contributed by atoms with Gasteiger partial charge in [0.25, 0.3) is 5.91 Å². The number of piperidine rings is 1. The summed E-state index contributed by atoms with van der Waals surface area (Å²) in [5.74, 6) is 0.693. The molecule has 5 rings (SSSR count). The van der Waals surface area contributed by atoms with Crippen LogP contribution >= 0.6 is 0 Å². The molecule has 0 unspecified atom stereocenters. The first-order chi connectivity index (χ1) is 11.2. The van der Waals surface area contributed by atoms with Crippen LogP contribution in [0, 0.1) is 12.8 Å². The second-order valence-electron chi connectivity index (χ2n) is 7.29. The summed E-state index contributed by atoms with van der Waals surface area (Å²) in [6, 6.07) is 2.83. The van der Waals surface area contributed by atoms with Crippen LogP contribution in [0.5, 0.6) is 0 Å². The van der Waals surface area contributed by atoms with Gasteiger partial charge in [-0.1, -0.05) is 0 Å². The fourth-order valence-corrected chi connectivity index (χ4v) is 4.39. The zero-order valence-corrected chi connectivity index (χ0v) is 13.8. The maximum Gasteiger partial charge on any atom is 0.274 e. The van der Waals surface area contributed by atoms with Gasteiger partial charge in [0.15, 0.2) is 0 Å². The van der Waals surface area contributed by atoms with Crippen LogP contribution in [0.15, 0.2) is 6.07 Å². The van der Waals surface area contributed by atoms with Gasteiger partial charge in [0.05, 0.1) is 0 Å². The Morgan fingerprint density at radius 1 is 1.17 bits per heavy atom. The van der Waals surface area contributed by atoms with Crippen molar-refractivity contribution in [3.05, 3.63) is 17.5 Å². The van der Waals surface area contributed by atoms with Crippen molar-refractivity contribution in [1.29, 1.82) is 0 Å². The Morgan fingerprint density at radius 3 is 2.74 bits per heavy atom. The van der Waals surface area contributed by atoms with E-state index in [1.54, 1.807) is 0 Å². The van der Waals surface area contributed by atoms with Gasteiger partial charge in [0.2, 0.25) is 0 Å². The third kappa shape index (κ3) is 3.02. The molecule has 4 aliphatic rings. The molecule has 2 bridgehead atoms. The molecular weight excluding hydrogens is 292 g/mol. The van der Waals surface area contributed by atoms with Crippen molar-refractivity contribution in [2.45, 2.75) is 44.7 Å². The molecule has 126 valence electrons. The highest BCUT2D eigenvalue weighted by atomic mass is 16.5. The third-order valence-electron chi connectivity index (χ3n) is 5.63. The van der Waals surface area contributed by atoms with Gasteiger partial charge in [0, 0.05) is 50.6 Å². The van der Waals surface area contributed by atoms with Crippen molar-refractivity contribution in [2.24, 2.45) is 5.92 Å². The number of ether oxygens (including phenoxy) is 1. The number of hydrogen-bond donors (Lipinski definition) is 1. The normalized spacial score (nSPS) is 29.7. The lowest BCUT2D eigenvalue weighted by atomic mass is 9.94. The molecular formula is C17H26N4O2. The highest BCUT2D eigenvalue weighted by Crippen LogP contribution is 2.31. The molecule has 6 heteroatoms. The molecule has 5 heterocycles. The highest BCUT2D eigenvalue weighted by Gasteiger charge is 2.39. The Labute approximate surface area is 137 Å². The first-order valence-corrected chi connectivity index (χ1v) is 8.85. The quantitative estimate of drug-likeness (QED) is 0.896. The van der Waals surface area contributed by atoms with E-state index in [2.05, 4.69) is 20.0 Å². The standard InChI is InChI=1S/C17H26N4O2/c1-12-8-16(19-18-12)17(22)21-10-13-2-3-15(21)11-20(9-13)14-4-6-23-7-5-14/h8,13-15H,2-7,9-11H2,1H3,(H,18,19)/t13-,15+/m1/s1. The summed E-state index contributed by atoms with van der Waals surface area (Å²) in [6.07, 6.45) is 4.63. The Bertz CT molecular complexity index is 567. The minimum Gasteiger partial charge on any atom is -0.381 e. The summed E-state index contributed by atoms with van der Waals surface area (Å²) in [5, 5.41) is 7.05. The number of rotatable bonds is 2. The van der Waals surface area contributed by atoms with Gasteiger partial charge in [-0.2, -0.15) is 5.10 Å². The Hall–Kier alpha value is -1.40. The number of fused-ring (bicyclic) bond motifs is 4. The van der Waals surface area contributed by atoms with Crippen molar-refractivity contribution in [1.82, 2.24) is 20.0 Å². The first-order valence-electron chi connectivity index (χ1n) is 8.85. The molecule has 1 aromatic rings. The van der Waals surface area contributed by atoms with Crippen LogP contribution in [-0.2, 0) is 4.74 Å². The average Bonchev–Trinajstić information content (AvgIpc) is 2.82. The minimum absolute atomic E-state index is 0.0953. The number of carbonyl (C=O) groups excluding carboxylic acids is 1. The molecule has 0 saturated carbocycles. The molecule has 0 aromatic carbocycles. The number of amides is 1. The van der Waals surface area contributed by atoms with Gasteiger partial charge in [-0.15, -0.1) is 0 Å². The van der Waals surface area contributed by atoms with Crippen LogP contribution in [-0.4, -0.2) is 70.8 Å². The Morgan fingerprint density at radius 2 is 2.00 bits per heavy atom. The first kappa shape index (κ1) is 15.1. The number of H-pyrrole nitrogens is 1. The zero-order chi connectivity index (χ0) is 15.8. The molecule has 4 fully saturated rings. The maximum absolute atomic E-state index is 12.8. The van der Waals surface area contributed by atoms with E-state index in [0.717, 1.165) is 57.8 Å². The monoisotopic (exact) mass is 318 g/mol. The summed E-state index contributed by atoms with van der Waals surface area (Å²) >= 11 is 0. The fourth-order valence-electron chi connectivity index (χ4n) is 4.39. The molecule has 1 N–H and O–H groups in total. The van der Waals surface area contributed by atoms with Gasteiger partial charge in [-0.25, -0.2) is 0 Å². The van der Waals surface area contributed by atoms with Crippen molar-refractivity contribution in [3.8, 4) is 0 Å². The molecule has 1 aromatic heterocycles. The molecule has 4 aliphatic heterocycles. The lowest BCUT2D eigenvalue weighted by Gasteiger charge is -2.36. The molecule has 0 spiro atoms. The SMILES string of the molecule is Cc1cc(C(=O)N2C[C@@H]3CC[C@H]2CN(C2CCOCC2)C3)n[nH]1. The van der Waals surface area contributed by atoms with E-state index < -0.39 is 0 Å². The minimum atomic E-state index is 0.0953. The lowest BCUT2D eigenvalue weighted by molar-refractivity contribution is 0.0304. The number of nitrogens with zero attached hydrogens (tertiary/aromatic N) is 3. The number of aromatic amines is 1. The molecule has 23 heavy (non-hydrogen) atoms. The number of nitrogens with one attached hydrogen (secondary N) is 1. The van der Waals surface area contributed by atoms with E-state index in [1.807, 2.05) is 13.0 Å². The van der Waals surface area contributed by atoms with Crippen molar-refractivity contribution >= 4 is 5.91 Å². The predicted octanol–water partition coefficient (Wildman–Crippen LogP) is 1.43. The number of aromatic nitrogens is 2. The fraction of sp³-hybridized carbons (Fsp3) is 0.765. The predicted molar refractivity (Wildman–Crippen MR) is 86.3 cm³/mol. The Balaban J connectivity index is 1.50. The molecule has 0 radical (unpaired) electrons. The van der Waals surface area contributed by atoms with Crippen LogP contribution in [0.3, 0.4) is 0 Å². The van der Waals surface area contributed by atoms with E-state index in [-0.39, 0.29) is 5.91 Å². The van der Waals surface area contributed by atoms with E-state index in [9.17, 15) is 4.79 Å². The van der Waals surface area contributed by atoms with Crippen molar-refractivity contribution in [2.75, 3.05) is 32.8 Å². The molecule has 4 saturated heterocycles. The smallest absolute Gasteiger partial charge is 0.274 e. The van der Waals surface area contributed by atoms with Crippen LogP contribution in [0.25, 0.3) is 0 Å². The van der Waals surface area contributed by atoms with E-state index >= 15 is 0 Å². The highest BCUT2D eigenvalue weighted by molar-refractivity contribution is 5.92. The third-order valence-corrected chi connectivity index (χ3v) is 5.63. The molecule has 2 atom stereocenters. The second-order valence-corrected chi connectivity index (χ2v) is 7.29. The van der Waals surface area contributed by atoms with Gasteiger partial charge in [-0.3, -0.25) is 14.8 Å². The molecule has 0 aliphatic carbocycles. The summed E-state index contributed by atoms with van der Waals surface area (Å²) in [4.78, 5) is 17.6. The number of hydrogen-bond acceptors (Lipinski definition) is 4. The van der Waals surface area contributed by atoms with E-state index in [4.69, 9.17) is 4.74 Å². The second kappa shape index (κ2) is 6.24. The maximum atomic E-state index is 12.8. The van der Waals surface area contributed by atoms with E-state index in [0.29, 0.717) is 23.7 Å². The largest absolute Gasteiger partial charge is 0.381 e.